The van der Waals surface area contributed by atoms with Crippen molar-refractivity contribution in [3.8, 4) is 0 Å². The molecule has 1 fully saturated rings. The lowest BCUT2D eigenvalue weighted by atomic mass is 10.0. The highest BCUT2D eigenvalue weighted by Crippen LogP contribution is 2.34. The average molecular weight is 211 g/mol. The molecular formula is C13H25NO. The highest BCUT2D eigenvalue weighted by Gasteiger charge is 2.44. The summed E-state index contributed by atoms with van der Waals surface area (Å²) in [6.07, 6.45) is 11.4. The van der Waals surface area contributed by atoms with Crippen molar-refractivity contribution in [3.05, 3.63) is 0 Å². The summed E-state index contributed by atoms with van der Waals surface area (Å²) in [4.78, 5) is 11.5. The summed E-state index contributed by atoms with van der Waals surface area (Å²) >= 11 is 0. The second kappa shape index (κ2) is 6.26. The number of carbonyl (C=O) groups excluding carboxylic acids is 1. The van der Waals surface area contributed by atoms with E-state index in [-0.39, 0.29) is 5.54 Å². The molecule has 0 aromatic heterocycles. The van der Waals surface area contributed by atoms with Crippen LogP contribution in [0.3, 0.4) is 0 Å². The molecule has 88 valence electrons. The first kappa shape index (κ1) is 12.7. The molecule has 15 heavy (non-hydrogen) atoms. The molecule has 0 saturated heterocycles. The smallest absolute Gasteiger partial charge is 0.152 e. The van der Waals surface area contributed by atoms with Crippen LogP contribution >= 0.6 is 0 Å². The number of hydrogen-bond acceptors (Lipinski definition) is 2. The van der Waals surface area contributed by atoms with Gasteiger partial charge in [0.15, 0.2) is 5.78 Å². The van der Waals surface area contributed by atoms with Crippen molar-refractivity contribution >= 4 is 5.78 Å². The Morgan fingerprint density at radius 1 is 1.07 bits per heavy atom. The first-order valence-corrected chi connectivity index (χ1v) is 6.51. The van der Waals surface area contributed by atoms with Crippen molar-refractivity contribution in [2.45, 2.75) is 76.7 Å². The Morgan fingerprint density at radius 2 is 1.60 bits per heavy atom. The van der Waals surface area contributed by atoms with Crippen LogP contribution in [0.25, 0.3) is 0 Å². The molecule has 0 heterocycles. The van der Waals surface area contributed by atoms with Crippen molar-refractivity contribution in [2.24, 2.45) is 5.73 Å². The number of rotatable bonds is 9. The summed E-state index contributed by atoms with van der Waals surface area (Å²) in [6, 6.07) is 0. The summed E-state index contributed by atoms with van der Waals surface area (Å²) in [5.74, 6) is 0.302. The fourth-order valence-corrected chi connectivity index (χ4v) is 1.91. The van der Waals surface area contributed by atoms with Crippen molar-refractivity contribution in [2.75, 3.05) is 0 Å². The van der Waals surface area contributed by atoms with Crippen LogP contribution in [0, 0.1) is 0 Å². The maximum Gasteiger partial charge on any atom is 0.152 e. The molecule has 0 unspecified atom stereocenters. The van der Waals surface area contributed by atoms with Gasteiger partial charge in [-0.2, -0.15) is 0 Å². The molecule has 0 bridgehead atoms. The maximum absolute atomic E-state index is 11.5. The minimum atomic E-state index is -0.387. The predicted octanol–water partition coefficient (Wildman–Crippen LogP) is 3.19. The van der Waals surface area contributed by atoms with Crippen LogP contribution in [0.4, 0.5) is 0 Å². The fourth-order valence-electron chi connectivity index (χ4n) is 1.91. The van der Waals surface area contributed by atoms with Crippen LogP contribution in [0.1, 0.15) is 71.1 Å². The molecule has 1 saturated carbocycles. The minimum Gasteiger partial charge on any atom is -0.319 e. The van der Waals surface area contributed by atoms with Crippen molar-refractivity contribution in [1.29, 1.82) is 0 Å². The predicted molar refractivity (Wildman–Crippen MR) is 63.8 cm³/mol. The third-order valence-corrected chi connectivity index (χ3v) is 3.35. The Bertz CT molecular complexity index is 197. The van der Waals surface area contributed by atoms with E-state index >= 15 is 0 Å². The van der Waals surface area contributed by atoms with Crippen molar-refractivity contribution in [1.82, 2.24) is 0 Å². The summed E-state index contributed by atoms with van der Waals surface area (Å²) in [6.45, 7) is 2.23. The number of carbonyl (C=O) groups is 1. The van der Waals surface area contributed by atoms with Gasteiger partial charge in [-0.15, -0.1) is 0 Å². The lowest BCUT2D eigenvalue weighted by molar-refractivity contribution is -0.121. The number of Topliss-reactive ketones (excluding diaryl/α,β-unsaturated/α-hetero) is 1. The zero-order valence-electron chi connectivity index (χ0n) is 10.1. The lowest BCUT2D eigenvalue weighted by Crippen LogP contribution is -2.32. The minimum absolute atomic E-state index is 0.302. The third-order valence-electron chi connectivity index (χ3n) is 3.35. The molecule has 2 N–H and O–H groups in total. The van der Waals surface area contributed by atoms with Gasteiger partial charge < -0.3 is 5.73 Å². The number of ketones is 1. The van der Waals surface area contributed by atoms with E-state index in [0.717, 1.165) is 19.3 Å². The van der Waals surface area contributed by atoms with Crippen LogP contribution in [0.2, 0.25) is 0 Å². The van der Waals surface area contributed by atoms with E-state index in [0.29, 0.717) is 12.2 Å². The molecule has 0 aliphatic heterocycles. The van der Waals surface area contributed by atoms with Crippen LogP contribution < -0.4 is 5.73 Å². The lowest BCUT2D eigenvalue weighted by Gasteiger charge is -2.06. The molecule has 2 nitrogen and oxygen atoms in total. The van der Waals surface area contributed by atoms with Gasteiger partial charge in [-0.25, -0.2) is 0 Å². The van der Waals surface area contributed by atoms with E-state index in [1.54, 1.807) is 0 Å². The van der Waals surface area contributed by atoms with Gasteiger partial charge >= 0.3 is 0 Å². The standard InChI is InChI=1S/C13H25NO/c1-2-3-4-5-6-7-8-9-12(15)13(14)10-11-13/h2-11,14H2,1H3. The second-order valence-corrected chi connectivity index (χ2v) is 4.95. The Balaban J connectivity index is 1.86. The van der Waals surface area contributed by atoms with E-state index in [9.17, 15) is 4.79 Å². The zero-order valence-corrected chi connectivity index (χ0v) is 10.1. The Kier molecular flexibility index (Phi) is 5.30. The average Bonchev–Trinajstić information content (AvgIpc) is 2.96. The van der Waals surface area contributed by atoms with Gasteiger partial charge in [0.25, 0.3) is 0 Å². The van der Waals surface area contributed by atoms with E-state index in [2.05, 4.69) is 6.92 Å². The molecule has 0 atom stereocenters. The molecule has 2 heteroatoms. The molecule has 0 radical (unpaired) electrons. The van der Waals surface area contributed by atoms with E-state index < -0.39 is 0 Å². The molecular weight excluding hydrogens is 186 g/mol. The number of nitrogens with two attached hydrogens (primary N) is 1. The molecule has 0 aromatic carbocycles. The van der Waals surface area contributed by atoms with Gasteiger partial charge in [0.1, 0.15) is 0 Å². The van der Waals surface area contributed by atoms with Gasteiger partial charge in [0.2, 0.25) is 0 Å². The monoisotopic (exact) mass is 211 g/mol. The summed E-state index contributed by atoms with van der Waals surface area (Å²) in [5, 5.41) is 0. The first-order valence-electron chi connectivity index (χ1n) is 6.51. The van der Waals surface area contributed by atoms with Gasteiger partial charge in [-0.05, 0) is 19.3 Å². The highest BCUT2D eigenvalue weighted by atomic mass is 16.1. The Morgan fingerprint density at radius 3 is 2.13 bits per heavy atom. The van der Waals surface area contributed by atoms with Crippen LogP contribution in [-0.4, -0.2) is 11.3 Å². The largest absolute Gasteiger partial charge is 0.319 e. The number of unbranched alkanes of at least 4 members (excludes halogenated alkanes) is 6. The van der Waals surface area contributed by atoms with E-state index in [1.165, 1.54) is 38.5 Å². The summed E-state index contributed by atoms with van der Waals surface area (Å²) in [5.41, 5.74) is 5.43. The van der Waals surface area contributed by atoms with Crippen molar-refractivity contribution < 1.29 is 4.79 Å². The van der Waals surface area contributed by atoms with Crippen LogP contribution in [0.5, 0.6) is 0 Å². The van der Waals surface area contributed by atoms with E-state index in [4.69, 9.17) is 5.73 Å². The molecule has 0 amide bonds. The number of hydrogen-bond donors (Lipinski definition) is 1. The highest BCUT2D eigenvalue weighted by molar-refractivity contribution is 5.90. The fraction of sp³-hybridized carbons (Fsp3) is 0.923. The van der Waals surface area contributed by atoms with Crippen LogP contribution in [0.15, 0.2) is 0 Å². The Labute approximate surface area is 93.6 Å². The molecule has 1 rings (SSSR count). The summed E-state index contributed by atoms with van der Waals surface area (Å²) < 4.78 is 0. The maximum atomic E-state index is 11.5. The SMILES string of the molecule is CCCCCCCCCC(=O)C1(N)CC1. The molecule has 1 aliphatic rings. The van der Waals surface area contributed by atoms with Gasteiger partial charge in [0.05, 0.1) is 5.54 Å². The topological polar surface area (TPSA) is 43.1 Å². The van der Waals surface area contributed by atoms with Crippen LogP contribution in [-0.2, 0) is 4.79 Å². The molecule has 0 spiro atoms. The van der Waals surface area contributed by atoms with Gasteiger partial charge in [0, 0.05) is 6.42 Å². The zero-order chi connectivity index (χ0) is 11.1. The Hall–Kier alpha value is -0.370. The molecule has 1 aliphatic carbocycles. The third kappa shape index (κ3) is 4.78. The van der Waals surface area contributed by atoms with Crippen molar-refractivity contribution in [3.63, 3.8) is 0 Å². The van der Waals surface area contributed by atoms with Gasteiger partial charge in [-0.3, -0.25) is 4.79 Å². The first-order chi connectivity index (χ1) is 7.19. The van der Waals surface area contributed by atoms with Gasteiger partial charge in [-0.1, -0.05) is 45.4 Å². The quantitative estimate of drug-likeness (QED) is 0.595. The normalized spacial score (nSPS) is 17.7. The molecule has 0 aromatic rings. The van der Waals surface area contributed by atoms with E-state index in [1.807, 2.05) is 0 Å². The second-order valence-electron chi connectivity index (χ2n) is 4.95. The summed E-state index contributed by atoms with van der Waals surface area (Å²) in [7, 11) is 0.